The maximum atomic E-state index is 7.96. The molecule has 0 fully saturated rings. The number of azide groups is 1. The summed E-state index contributed by atoms with van der Waals surface area (Å²) in [6.07, 6.45) is 1.53. The Morgan fingerprint density at radius 2 is 2.46 bits per heavy atom. The highest BCUT2D eigenvalue weighted by atomic mass is 15.1. The number of nitrogen functional groups attached to an aromatic ring is 1. The molecule has 0 bridgehead atoms. The van der Waals surface area contributed by atoms with Crippen LogP contribution in [0.15, 0.2) is 23.4 Å². The molecular formula is C8H7N5. The molecule has 0 atom stereocenters. The molecule has 64 valence electrons. The van der Waals surface area contributed by atoms with E-state index in [0.717, 1.165) is 0 Å². The van der Waals surface area contributed by atoms with E-state index in [-0.39, 0.29) is 6.54 Å². The second kappa shape index (κ2) is 4.65. The molecule has 13 heavy (non-hydrogen) atoms. The lowest BCUT2D eigenvalue weighted by molar-refractivity contribution is 1.24. The molecule has 1 aromatic rings. The Hall–Kier alpha value is -2.18. The van der Waals surface area contributed by atoms with Crippen LogP contribution < -0.4 is 5.73 Å². The van der Waals surface area contributed by atoms with Crippen LogP contribution in [-0.4, -0.2) is 11.5 Å². The molecule has 0 aromatic carbocycles. The van der Waals surface area contributed by atoms with Crippen molar-refractivity contribution >= 4 is 5.69 Å². The Morgan fingerprint density at radius 3 is 3.08 bits per heavy atom. The second-order valence-electron chi connectivity index (χ2n) is 2.17. The van der Waals surface area contributed by atoms with Gasteiger partial charge in [-0.1, -0.05) is 11.0 Å². The summed E-state index contributed by atoms with van der Waals surface area (Å²) in [4.78, 5) is 6.51. The van der Waals surface area contributed by atoms with Crippen LogP contribution in [0.3, 0.4) is 0 Å². The van der Waals surface area contributed by atoms with Crippen LogP contribution in [0.5, 0.6) is 0 Å². The molecule has 0 aliphatic rings. The lowest BCUT2D eigenvalue weighted by Gasteiger charge is -1.90. The van der Waals surface area contributed by atoms with Crippen molar-refractivity contribution in [2.24, 2.45) is 5.11 Å². The SMILES string of the molecule is [N-]=[N+]=NCC#Cc1ccc(N)cn1. The number of rotatable bonds is 1. The van der Waals surface area contributed by atoms with E-state index in [1.165, 1.54) is 6.20 Å². The van der Waals surface area contributed by atoms with Crippen LogP contribution >= 0.6 is 0 Å². The van der Waals surface area contributed by atoms with Crippen molar-refractivity contribution in [3.63, 3.8) is 0 Å². The topological polar surface area (TPSA) is 87.7 Å². The van der Waals surface area contributed by atoms with Gasteiger partial charge in [0.2, 0.25) is 0 Å². The Morgan fingerprint density at radius 1 is 1.62 bits per heavy atom. The first-order chi connectivity index (χ1) is 6.33. The van der Waals surface area contributed by atoms with E-state index in [4.69, 9.17) is 11.3 Å². The van der Waals surface area contributed by atoms with Gasteiger partial charge in [-0.15, -0.1) is 0 Å². The molecule has 0 spiro atoms. The quantitative estimate of drug-likeness (QED) is 0.300. The van der Waals surface area contributed by atoms with Crippen molar-refractivity contribution in [1.29, 1.82) is 0 Å². The minimum Gasteiger partial charge on any atom is -0.397 e. The molecular weight excluding hydrogens is 166 g/mol. The molecule has 1 heterocycles. The number of pyridine rings is 1. The Bertz CT molecular complexity index is 377. The fraction of sp³-hybridized carbons (Fsp3) is 0.125. The number of aromatic nitrogens is 1. The van der Waals surface area contributed by atoms with E-state index >= 15 is 0 Å². The largest absolute Gasteiger partial charge is 0.397 e. The molecule has 1 rings (SSSR count). The summed E-state index contributed by atoms with van der Waals surface area (Å²) in [5.74, 6) is 5.37. The van der Waals surface area contributed by atoms with E-state index in [9.17, 15) is 0 Å². The fourth-order valence-corrected chi connectivity index (χ4v) is 0.676. The first-order valence-electron chi connectivity index (χ1n) is 3.54. The molecule has 0 aliphatic heterocycles. The van der Waals surface area contributed by atoms with Crippen LogP contribution in [0.1, 0.15) is 5.69 Å². The predicted octanol–water partition coefficient (Wildman–Crippen LogP) is 1.33. The molecule has 0 unspecified atom stereocenters. The summed E-state index contributed by atoms with van der Waals surface area (Å²) < 4.78 is 0. The van der Waals surface area contributed by atoms with Gasteiger partial charge in [0.05, 0.1) is 18.4 Å². The van der Waals surface area contributed by atoms with Crippen molar-refractivity contribution in [1.82, 2.24) is 4.98 Å². The summed E-state index contributed by atoms with van der Waals surface area (Å²) in [7, 11) is 0. The van der Waals surface area contributed by atoms with Crippen LogP contribution in [0.25, 0.3) is 10.4 Å². The highest BCUT2D eigenvalue weighted by Crippen LogP contribution is 1.98. The summed E-state index contributed by atoms with van der Waals surface area (Å²) in [5.41, 5.74) is 14.6. The third-order valence-corrected chi connectivity index (χ3v) is 1.22. The highest BCUT2D eigenvalue weighted by molar-refractivity contribution is 5.38. The van der Waals surface area contributed by atoms with E-state index in [2.05, 4.69) is 26.9 Å². The molecule has 1 aromatic heterocycles. The number of nitrogens with zero attached hydrogens (tertiary/aromatic N) is 4. The van der Waals surface area contributed by atoms with Gasteiger partial charge in [0, 0.05) is 4.91 Å². The Balaban J connectivity index is 2.66. The molecule has 5 nitrogen and oxygen atoms in total. The second-order valence-corrected chi connectivity index (χ2v) is 2.17. The van der Waals surface area contributed by atoms with Crippen molar-refractivity contribution in [3.8, 4) is 11.8 Å². The van der Waals surface area contributed by atoms with Crippen LogP contribution in [0.4, 0.5) is 5.69 Å². The van der Waals surface area contributed by atoms with Gasteiger partial charge in [0.15, 0.2) is 0 Å². The highest BCUT2D eigenvalue weighted by Gasteiger charge is 1.86. The van der Waals surface area contributed by atoms with Crippen LogP contribution in [-0.2, 0) is 0 Å². The van der Waals surface area contributed by atoms with Gasteiger partial charge in [-0.05, 0) is 23.6 Å². The molecule has 5 heteroatoms. The molecule has 0 amide bonds. The lowest BCUT2D eigenvalue weighted by atomic mass is 10.3. The van der Waals surface area contributed by atoms with E-state index in [0.29, 0.717) is 11.4 Å². The zero-order valence-electron chi connectivity index (χ0n) is 6.81. The van der Waals surface area contributed by atoms with Gasteiger partial charge in [0.1, 0.15) is 5.69 Å². The standard InChI is InChI=1S/C8H7N5/c9-7-3-4-8(11-6-7)2-1-5-12-13-10/h3-4,6H,5,9H2. The molecule has 0 radical (unpaired) electrons. The van der Waals surface area contributed by atoms with Crippen LogP contribution in [0.2, 0.25) is 0 Å². The summed E-state index contributed by atoms with van der Waals surface area (Å²) in [6, 6.07) is 3.42. The zero-order valence-corrected chi connectivity index (χ0v) is 6.81. The van der Waals surface area contributed by atoms with Crippen molar-refractivity contribution in [3.05, 3.63) is 34.5 Å². The maximum Gasteiger partial charge on any atom is 0.113 e. The van der Waals surface area contributed by atoms with Crippen molar-refractivity contribution in [2.75, 3.05) is 12.3 Å². The first-order valence-corrected chi connectivity index (χ1v) is 3.54. The fourth-order valence-electron chi connectivity index (χ4n) is 0.676. The minimum atomic E-state index is 0.155. The molecule has 0 saturated carbocycles. The Kier molecular flexibility index (Phi) is 3.19. The monoisotopic (exact) mass is 173 g/mol. The first kappa shape index (κ1) is 8.91. The van der Waals surface area contributed by atoms with E-state index in [1.54, 1.807) is 12.1 Å². The van der Waals surface area contributed by atoms with Gasteiger partial charge in [0.25, 0.3) is 0 Å². The smallest absolute Gasteiger partial charge is 0.113 e. The average molecular weight is 173 g/mol. The van der Waals surface area contributed by atoms with Crippen LogP contribution in [0, 0.1) is 11.8 Å². The Labute approximate surface area is 75.2 Å². The molecule has 0 saturated heterocycles. The van der Waals surface area contributed by atoms with Gasteiger partial charge >= 0.3 is 0 Å². The zero-order chi connectivity index (χ0) is 9.52. The molecule has 2 N–H and O–H groups in total. The third-order valence-electron chi connectivity index (χ3n) is 1.22. The number of hydrogen-bond acceptors (Lipinski definition) is 3. The van der Waals surface area contributed by atoms with E-state index in [1.807, 2.05) is 0 Å². The van der Waals surface area contributed by atoms with E-state index < -0.39 is 0 Å². The predicted molar refractivity (Wildman–Crippen MR) is 49.5 cm³/mol. The average Bonchev–Trinajstić information content (AvgIpc) is 2.15. The van der Waals surface area contributed by atoms with Crippen molar-refractivity contribution < 1.29 is 0 Å². The van der Waals surface area contributed by atoms with Gasteiger partial charge in [-0.3, -0.25) is 0 Å². The minimum absolute atomic E-state index is 0.155. The number of hydrogen-bond donors (Lipinski definition) is 1. The number of nitrogens with two attached hydrogens (primary N) is 1. The maximum absolute atomic E-state index is 7.96. The summed E-state index contributed by atoms with van der Waals surface area (Å²) >= 11 is 0. The normalized spacial score (nSPS) is 8.00. The number of anilines is 1. The van der Waals surface area contributed by atoms with Gasteiger partial charge in [-0.2, -0.15) is 0 Å². The van der Waals surface area contributed by atoms with Gasteiger partial charge in [-0.25, -0.2) is 4.98 Å². The van der Waals surface area contributed by atoms with Crippen molar-refractivity contribution in [2.45, 2.75) is 0 Å². The summed E-state index contributed by atoms with van der Waals surface area (Å²) in [5, 5.41) is 3.26. The lowest BCUT2D eigenvalue weighted by Crippen LogP contribution is -1.87. The van der Waals surface area contributed by atoms with Gasteiger partial charge < -0.3 is 5.73 Å². The molecule has 0 aliphatic carbocycles. The summed E-state index contributed by atoms with van der Waals surface area (Å²) in [6.45, 7) is 0.155. The third kappa shape index (κ3) is 3.14.